The topological polar surface area (TPSA) is 40.6 Å². The quantitative estimate of drug-likeness (QED) is 0.676. The number of thioether (sulfide) groups is 1. The van der Waals surface area contributed by atoms with Gasteiger partial charge in [-0.1, -0.05) is 13.3 Å². The van der Waals surface area contributed by atoms with Crippen LogP contribution in [0.3, 0.4) is 0 Å². The summed E-state index contributed by atoms with van der Waals surface area (Å²) in [7, 11) is 0. The first kappa shape index (κ1) is 15.7. The maximum atomic E-state index is 12.6. The van der Waals surface area contributed by atoms with E-state index in [1.165, 1.54) is 12.2 Å². The minimum atomic E-state index is -0.211. The van der Waals surface area contributed by atoms with Crippen LogP contribution in [-0.2, 0) is 9.59 Å². The molecule has 2 rings (SSSR count). The number of unbranched alkanes of at least 4 members (excludes halogenated alkanes) is 2. The molecule has 0 bridgehead atoms. The van der Waals surface area contributed by atoms with E-state index in [2.05, 4.69) is 6.26 Å². The number of fused-ring (bicyclic) bond motifs is 1. The molecule has 0 radical (unpaired) electrons. The van der Waals surface area contributed by atoms with E-state index in [9.17, 15) is 9.59 Å². The van der Waals surface area contributed by atoms with Crippen molar-refractivity contribution in [2.24, 2.45) is 0 Å². The van der Waals surface area contributed by atoms with Gasteiger partial charge in [-0.25, -0.2) is 0 Å². The molecule has 0 N–H and O–H groups in total. The normalized spacial score (nSPS) is 26.3. The van der Waals surface area contributed by atoms with Crippen LogP contribution in [0, 0.1) is 0 Å². The van der Waals surface area contributed by atoms with Crippen LogP contribution in [0.15, 0.2) is 0 Å². The Bertz CT molecular complexity index is 362. The van der Waals surface area contributed by atoms with Crippen LogP contribution < -0.4 is 0 Å². The van der Waals surface area contributed by atoms with Gasteiger partial charge in [0.1, 0.15) is 12.1 Å². The van der Waals surface area contributed by atoms with Crippen LogP contribution in [0.1, 0.15) is 45.4 Å². The second kappa shape index (κ2) is 7.34. The van der Waals surface area contributed by atoms with Crippen LogP contribution in [0.4, 0.5) is 0 Å². The first-order valence-electron chi connectivity index (χ1n) is 7.80. The smallest absolute Gasteiger partial charge is 0.246 e. The van der Waals surface area contributed by atoms with Crippen molar-refractivity contribution >= 4 is 23.6 Å². The molecule has 20 heavy (non-hydrogen) atoms. The molecule has 0 aromatic carbocycles. The predicted molar refractivity (Wildman–Crippen MR) is 82.8 cm³/mol. The molecule has 2 unspecified atom stereocenters. The van der Waals surface area contributed by atoms with E-state index >= 15 is 0 Å². The molecule has 114 valence electrons. The molecule has 2 heterocycles. The van der Waals surface area contributed by atoms with E-state index in [4.69, 9.17) is 0 Å². The van der Waals surface area contributed by atoms with Crippen molar-refractivity contribution < 1.29 is 9.59 Å². The third kappa shape index (κ3) is 3.13. The molecule has 2 fully saturated rings. The molecule has 2 amide bonds. The lowest BCUT2D eigenvalue weighted by Crippen LogP contribution is -2.62. The zero-order chi connectivity index (χ0) is 14.5. The largest absolute Gasteiger partial charge is 0.329 e. The summed E-state index contributed by atoms with van der Waals surface area (Å²) < 4.78 is 0. The van der Waals surface area contributed by atoms with Gasteiger partial charge in [-0.15, -0.1) is 0 Å². The van der Waals surface area contributed by atoms with E-state index < -0.39 is 0 Å². The number of rotatable bonds is 7. The van der Waals surface area contributed by atoms with Crippen molar-refractivity contribution in [1.29, 1.82) is 0 Å². The van der Waals surface area contributed by atoms with Gasteiger partial charge in [0.2, 0.25) is 11.8 Å². The maximum Gasteiger partial charge on any atom is 0.246 e. The van der Waals surface area contributed by atoms with E-state index in [-0.39, 0.29) is 23.9 Å². The molecule has 2 aliphatic heterocycles. The summed E-state index contributed by atoms with van der Waals surface area (Å²) in [6.07, 6.45) is 8.03. The Balaban J connectivity index is 1.94. The maximum absolute atomic E-state index is 12.6. The Labute approximate surface area is 126 Å². The van der Waals surface area contributed by atoms with E-state index in [0.29, 0.717) is 0 Å². The highest BCUT2D eigenvalue weighted by Gasteiger charge is 2.46. The van der Waals surface area contributed by atoms with E-state index in [0.717, 1.165) is 45.2 Å². The van der Waals surface area contributed by atoms with Crippen molar-refractivity contribution in [2.45, 2.75) is 57.5 Å². The van der Waals surface area contributed by atoms with Gasteiger partial charge in [-0.2, -0.15) is 11.8 Å². The minimum Gasteiger partial charge on any atom is -0.329 e. The van der Waals surface area contributed by atoms with Crippen LogP contribution >= 0.6 is 11.8 Å². The van der Waals surface area contributed by atoms with E-state index in [1.54, 1.807) is 0 Å². The fourth-order valence-corrected chi connectivity index (χ4v) is 3.82. The van der Waals surface area contributed by atoms with Crippen molar-refractivity contribution in [3.63, 3.8) is 0 Å². The first-order chi connectivity index (χ1) is 9.70. The molecule has 0 saturated carbocycles. The van der Waals surface area contributed by atoms with Gasteiger partial charge in [0.25, 0.3) is 0 Å². The number of amides is 2. The average Bonchev–Trinajstić information content (AvgIpc) is 2.93. The number of carbonyl (C=O) groups excluding carboxylic acids is 2. The minimum absolute atomic E-state index is 0.156. The summed E-state index contributed by atoms with van der Waals surface area (Å²) in [4.78, 5) is 28.7. The van der Waals surface area contributed by atoms with Crippen molar-refractivity contribution in [1.82, 2.24) is 9.80 Å². The molecule has 0 aliphatic carbocycles. The van der Waals surface area contributed by atoms with Gasteiger partial charge < -0.3 is 9.80 Å². The summed E-state index contributed by atoms with van der Waals surface area (Å²) >= 11 is 1.86. The molecule has 2 aliphatic rings. The monoisotopic (exact) mass is 298 g/mol. The van der Waals surface area contributed by atoms with Crippen LogP contribution in [0.2, 0.25) is 0 Å². The van der Waals surface area contributed by atoms with Crippen molar-refractivity contribution in [3.05, 3.63) is 0 Å². The zero-order valence-corrected chi connectivity index (χ0v) is 13.5. The Morgan fingerprint density at radius 1 is 1.20 bits per heavy atom. The number of piperazine rings is 1. The van der Waals surface area contributed by atoms with Crippen molar-refractivity contribution in [3.8, 4) is 0 Å². The zero-order valence-electron chi connectivity index (χ0n) is 12.6. The summed E-state index contributed by atoms with van der Waals surface area (Å²) in [5.74, 6) is 1.55. The fourth-order valence-electron chi connectivity index (χ4n) is 3.32. The van der Waals surface area contributed by atoms with E-state index in [1.807, 2.05) is 28.5 Å². The second-order valence-electron chi connectivity index (χ2n) is 5.70. The Kier molecular flexibility index (Phi) is 5.75. The van der Waals surface area contributed by atoms with Crippen molar-refractivity contribution in [2.75, 3.05) is 25.1 Å². The molecular formula is C15H26N2O2S. The summed E-state index contributed by atoms with van der Waals surface area (Å²) in [6.45, 7) is 3.53. The van der Waals surface area contributed by atoms with Gasteiger partial charge in [0, 0.05) is 13.1 Å². The second-order valence-corrected chi connectivity index (χ2v) is 6.68. The summed E-state index contributed by atoms with van der Waals surface area (Å²) in [5, 5.41) is 0. The molecule has 2 atom stereocenters. The molecule has 0 spiro atoms. The predicted octanol–water partition coefficient (Wildman–Crippen LogP) is 2.13. The van der Waals surface area contributed by atoms with Gasteiger partial charge in [0.15, 0.2) is 0 Å². The third-order valence-corrected chi connectivity index (χ3v) is 5.10. The molecule has 0 aromatic rings. The summed E-state index contributed by atoms with van der Waals surface area (Å²) in [6, 6.07) is -0.367. The molecule has 4 nitrogen and oxygen atoms in total. The standard InChI is InChI=1S/C15H26N2O2S/c1-3-12-14(18)17-10-7-8-13(17)15(19)16(12)9-5-4-6-11-20-2/h12-13H,3-11H2,1-2H3. The fraction of sp³-hybridized carbons (Fsp3) is 0.867. The Morgan fingerprint density at radius 3 is 2.70 bits per heavy atom. The van der Waals surface area contributed by atoms with Gasteiger partial charge in [-0.3, -0.25) is 9.59 Å². The number of hydrogen-bond donors (Lipinski definition) is 0. The lowest BCUT2D eigenvalue weighted by molar-refractivity contribution is -0.159. The lowest BCUT2D eigenvalue weighted by atomic mass is 10.0. The molecule has 0 aromatic heterocycles. The summed E-state index contributed by atoms with van der Waals surface area (Å²) in [5.41, 5.74) is 0. The Morgan fingerprint density at radius 2 is 2.00 bits per heavy atom. The van der Waals surface area contributed by atoms with Gasteiger partial charge in [0.05, 0.1) is 0 Å². The van der Waals surface area contributed by atoms with Crippen LogP contribution in [0.5, 0.6) is 0 Å². The molecule has 5 heteroatoms. The number of nitrogens with zero attached hydrogens (tertiary/aromatic N) is 2. The SMILES string of the molecule is CCC1C(=O)N2CCCC2C(=O)N1CCCCCSC. The molecular weight excluding hydrogens is 272 g/mol. The molecule has 2 saturated heterocycles. The number of hydrogen-bond acceptors (Lipinski definition) is 3. The highest BCUT2D eigenvalue weighted by molar-refractivity contribution is 7.98. The highest BCUT2D eigenvalue weighted by atomic mass is 32.2. The van der Waals surface area contributed by atoms with Gasteiger partial charge in [-0.05, 0) is 44.1 Å². The first-order valence-corrected chi connectivity index (χ1v) is 9.20. The van der Waals surface area contributed by atoms with Crippen LogP contribution in [-0.4, -0.2) is 58.8 Å². The lowest BCUT2D eigenvalue weighted by Gasteiger charge is -2.42. The Hall–Kier alpha value is -0.710. The number of carbonyl (C=O) groups is 2. The van der Waals surface area contributed by atoms with Crippen LogP contribution in [0.25, 0.3) is 0 Å². The van der Waals surface area contributed by atoms with Gasteiger partial charge >= 0.3 is 0 Å². The highest BCUT2D eigenvalue weighted by Crippen LogP contribution is 2.28. The average molecular weight is 298 g/mol. The third-order valence-electron chi connectivity index (χ3n) is 4.40.